The van der Waals surface area contributed by atoms with Crippen LogP contribution in [-0.2, 0) is 6.42 Å². The highest BCUT2D eigenvalue weighted by Crippen LogP contribution is 2.27. The Bertz CT molecular complexity index is 619. The van der Waals surface area contributed by atoms with Crippen molar-refractivity contribution in [2.24, 2.45) is 5.84 Å². The molecule has 3 nitrogen and oxygen atoms in total. The van der Waals surface area contributed by atoms with Crippen LogP contribution in [0.25, 0.3) is 0 Å². The van der Waals surface area contributed by atoms with Crippen molar-refractivity contribution < 1.29 is 8.78 Å². The van der Waals surface area contributed by atoms with Crippen molar-refractivity contribution in [2.75, 3.05) is 5.73 Å². The van der Waals surface area contributed by atoms with Crippen molar-refractivity contribution >= 4 is 21.6 Å². The third-order valence-electron chi connectivity index (χ3n) is 3.08. The second-order valence-electron chi connectivity index (χ2n) is 4.41. The number of hydrazine groups is 1. The van der Waals surface area contributed by atoms with Crippen LogP contribution in [0.1, 0.15) is 17.2 Å². The second kappa shape index (κ2) is 6.30. The minimum Gasteiger partial charge on any atom is -0.398 e. The third-order valence-corrected chi connectivity index (χ3v) is 3.57. The van der Waals surface area contributed by atoms with Crippen LogP contribution in [0.15, 0.2) is 40.9 Å². The summed E-state index contributed by atoms with van der Waals surface area (Å²) in [7, 11) is 0. The number of hydrogen-bond donors (Lipinski definition) is 3. The molecule has 0 saturated carbocycles. The fraction of sp³-hybridized carbons (Fsp3) is 0.143. The van der Waals surface area contributed by atoms with E-state index in [-0.39, 0.29) is 12.0 Å². The van der Waals surface area contributed by atoms with E-state index in [4.69, 9.17) is 11.6 Å². The van der Waals surface area contributed by atoms with E-state index in [1.807, 2.05) is 0 Å². The molecule has 20 heavy (non-hydrogen) atoms. The Labute approximate surface area is 124 Å². The first-order valence-corrected chi connectivity index (χ1v) is 6.76. The number of nitrogens with one attached hydrogen (secondary N) is 1. The van der Waals surface area contributed by atoms with E-state index in [9.17, 15) is 8.78 Å². The van der Waals surface area contributed by atoms with Gasteiger partial charge in [-0.2, -0.15) is 0 Å². The standard InChI is InChI=1S/C14H14BrF2N3/c15-9-4-5-12(18)10(7-9)13(20-19)6-8-2-1-3-11(16)14(8)17/h1-5,7,13,20H,6,18-19H2. The molecule has 1 unspecified atom stereocenters. The van der Waals surface area contributed by atoms with Crippen molar-refractivity contribution in [3.05, 3.63) is 63.6 Å². The van der Waals surface area contributed by atoms with Crippen LogP contribution in [0.4, 0.5) is 14.5 Å². The fourth-order valence-corrected chi connectivity index (χ4v) is 2.41. The molecular formula is C14H14BrF2N3. The summed E-state index contributed by atoms with van der Waals surface area (Å²) in [5, 5.41) is 0. The lowest BCUT2D eigenvalue weighted by molar-refractivity contribution is 0.481. The smallest absolute Gasteiger partial charge is 0.162 e. The van der Waals surface area contributed by atoms with Gasteiger partial charge in [0.25, 0.3) is 0 Å². The Morgan fingerprint density at radius 3 is 2.65 bits per heavy atom. The first-order valence-electron chi connectivity index (χ1n) is 5.97. The van der Waals surface area contributed by atoms with Crippen molar-refractivity contribution in [2.45, 2.75) is 12.5 Å². The quantitative estimate of drug-likeness (QED) is 0.455. The zero-order valence-corrected chi connectivity index (χ0v) is 12.1. The molecule has 106 valence electrons. The molecule has 0 spiro atoms. The molecule has 2 aromatic rings. The molecule has 6 heteroatoms. The maximum atomic E-state index is 13.7. The molecule has 0 aliphatic heterocycles. The van der Waals surface area contributed by atoms with E-state index in [2.05, 4.69) is 21.4 Å². The van der Waals surface area contributed by atoms with E-state index in [0.29, 0.717) is 5.69 Å². The first kappa shape index (κ1) is 14.9. The molecule has 0 fully saturated rings. The number of nitrogen functional groups attached to an aromatic ring is 1. The van der Waals surface area contributed by atoms with Gasteiger partial charge in [-0.25, -0.2) is 8.78 Å². The summed E-state index contributed by atoms with van der Waals surface area (Å²) in [6.45, 7) is 0. The number of nitrogens with two attached hydrogens (primary N) is 2. The van der Waals surface area contributed by atoms with Crippen molar-refractivity contribution in [3.63, 3.8) is 0 Å². The maximum Gasteiger partial charge on any atom is 0.162 e. The van der Waals surface area contributed by atoms with Gasteiger partial charge in [-0.15, -0.1) is 0 Å². The van der Waals surface area contributed by atoms with E-state index in [1.54, 1.807) is 18.2 Å². The number of anilines is 1. The largest absolute Gasteiger partial charge is 0.398 e. The Hall–Kier alpha value is -1.50. The summed E-state index contributed by atoms with van der Waals surface area (Å²) < 4.78 is 27.8. The highest BCUT2D eigenvalue weighted by atomic mass is 79.9. The van der Waals surface area contributed by atoms with Gasteiger partial charge in [0.15, 0.2) is 11.6 Å². The average molecular weight is 342 g/mol. The highest BCUT2D eigenvalue weighted by molar-refractivity contribution is 9.10. The molecular weight excluding hydrogens is 328 g/mol. The van der Waals surface area contributed by atoms with Crippen molar-refractivity contribution in [1.29, 1.82) is 0 Å². The number of halogens is 3. The maximum absolute atomic E-state index is 13.7. The van der Waals surface area contributed by atoms with Gasteiger partial charge in [0.1, 0.15) is 0 Å². The Morgan fingerprint density at radius 2 is 1.95 bits per heavy atom. The van der Waals surface area contributed by atoms with Gasteiger partial charge in [0.2, 0.25) is 0 Å². The lowest BCUT2D eigenvalue weighted by Crippen LogP contribution is -2.30. The lowest BCUT2D eigenvalue weighted by Gasteiger charge is -2.19. The average Bonchev–Trinajstić information content (AvgIpc) is 2.43. The molecule has 0 heterocycles. The van der Waals surface area contributed by atoms with Gasteiger partial charge in [0, 0.05) is 10.2 Å². The first-order chi connectivity index (χ1) is 9.52. The number of benzene rings is 2. The van der Waals surface area contributed by atoms with E-state index in [1.165, 1.54) is 12.1 Å². The van der Waals surface area contributed by atoms with Crippen LogP contribution in [0.2, 0.25) is 0 Å². The van der Waals surface area contributed by atoms with Crippen LogP contribution >= 0.6 is 15.9 Å². The van der Waals surface area contributed by atoms with Crippen LogP contribution < -0.4 is 17.0 Å². The summed E-state index contributed by atoms with van der Waals surface area (Å²) in [6, 6.07) is 8.99. The second-order valence-corrected chi connectivity index (χ2v) is 5.33. The molecule has 2 rings (SSSR count). The topological polar surface area (TPSA) is 64.1 Å². The van der Waals surface area contributed by atoms with Gasteiger partial charge in [-0.1, -0.05) is 28.1 Å². The normalized spacial score (nSPS) is 12.4. The Kier molecular flexibility index (Phi) is 4.69. The zero-order chi connectivity index (χ0) is 14.7. The third kappa shape index (κ3) is 3.15. The zero-order valence-electron chi connectivity index (χ0n) is 10.5. The van der Waals surface area contributed by atoms with Crippen LogP contribution in [0.3, 0.4) is 0 Å². The SMILES string of the molecule is NNC(Cc1cccc(F)c1F)c1cc(Br)ccc1N. The highest BCUT2D eigenvalue weighted by Gasteiger charge is 2.17. The predicted molar refractivity (Wildman–Crippen MR) is 78.7 cm³/mol. The summed E-state index contributed by atoms with van der Waals surface area (Å²) in [5.74, 6) is 3.79. The molecule has 2 aromatic carbocycles. The van der Waals surface area contributed by atoms with Crippen molar-refractivity contribution in [1.82, 2.24) is 5.43 Å². The lowest BCUT2D eigenvalue weighted by atomic mass is 9.97. The summed E-state index contributed by atoms with van der Waals surface area (Å²) in [6.07, 6.45) is 0.195. The van der Waals surface area contributed by atoms with Gasteiger partial charge in [-0.05, 0) is 41.8 Å². The van der Waals surface area contributed by atoms with Gasteiger partial charge >= 0.3 is 0 Å². The number of hydrogen-bond acceptors (Lipinski definition) is 3. The molecule has 0 radical (unpaired) electrons. The van der Waals surface area contributed by atoms with Crippen LogP contribution in [-0.4, -0.2) is 0 Å². The Morgan fingerprint density at radius 1 is 1.20 bits per heavy atom. The van der Waals surface area contributed by atoms with Crippen molar-refractivity contribution in [3.8, 4) is 0 Å². The molecule has 0 saturated heterocycles. The fourth-order valence-electron chi connectivity index (χ4n) is 2.03. The monoisotopic (exact) mass is 341 g/mol. The predicted octanol–water partition coefficient (Wildman–Crippen LogP) is 3.06. The Balaban J connectivity index is 2.34. The molecule has 1 atom stereocenters. The van der Waals surface area contributed by atoms with Gasteiger partial charge < -0.3 is 5.73 Å². The molecule has 0 aliphatic carbocycles. The summed E-state index contributed by atoms with van der Waals surface area (Å²) in [4.78, 5) is 0. The molecule has 0 aromatic heterocycles. The van der Waals surface area contributed by atoms with Gasteiger partial charge in [0.05, 0.1) is 6.04 Å². The van der Waals surface area contributed by atoms with E-state index < -0.39 is 17.7 Å². The molecule has 5 N–H and O–H groups in total. The molecule has 0 aliphatic rings. The van der Waals surface area contributed by atoms with E-state index in [0.717, 1.165) is 16.1 Å². The minimum atomic E-state index is -0.875. The minimum absolute atomic E-state index is 0.195. The number of rotatable bonds is 4. The molecule has 0 bridgehead atoms. The summed E-state index contributed by atoms with van der Waals surface area (Å²) >= 11 is 3.35. The van der Waals surface area contributed by atoms with Crippen LogP contribution in [0.5, 0.6) is 0 Å². The molecule has 0 amide bonds. The van der Waals surface area contributed by atoms with E-state index >= 15 is 0 Å². The summed E-state index contributed by atoms with van der Waals surface area (Å²) in [5.41, 5.74) is 10.0. The van der Waals surface area contributed by atoms with Gasteiger partial charge in [-0.3, -0.25) is 11.3 Å². The van der Waals surface area contributed by atoms with Crippen LogP contribution in [0, 0.1) is 11.6 Å².